The molecule has 2 N–H and O–H groups in total. The summed E-state index contributed by atoms with van der Waals surface area (Å²) in [6.45, 7) is 2.51. The first-order chi connectivity index (χ1) is 14.5. The zero-order chi connectivity index (χ0) is 23.2. The Bertz CT molecular complexity index is 1100. The molecular formula is C20H20BrClN2O6S. The van der Waals surface area contributed by atoms with Crippen LogP contribution in [-0.2, 0) is 29.0 Å². The van der Waals surface area contributed by atoms with Gasteiger partial charge in [0.15, 0.2) is 16.4 Å². The quantitative estimate of drug-likeness (QED) is 0.501. The van der Waals surface area contributed by atoms with Crippen LogP contribution in [0.5, 0.6) is 0 Å². The number of halogens is 2. The molecule has 11 heteroatoms. The molecule has 0 radical (unpaired) electrons. The number of hydrogen-bond acceptors (Lipinski definition) is 6. The Kier molecular flexibility index (Phi) is 8.60. The Balaban J connectivity index is 1.85. The highest BCUT2D eigenvalue weighted by Crippen LogP contribution is 2.30. The van der Waals surface area contributed by atoms with Crippen LogP contribution in [0.25, 0.3) is 0 Å². The van der Waals surface area contributed by atoms with Crippen LogP contribution < -0.4 is 10.6 Å². The molecule has 2 rings (SSSR count). The summed E-state index contributed by atoms with van der Waals surface area (Å²) in [6, 6.07) is 8.90. The third-order valence-corrected chi connectivity index (χ3v) is 7.19. The Morgan fingerprint density at radius 3 is 2.32 bits per heavy atom. The third-order valence-electron chi connectivity index (χ3n) is 4.09. The SMILES string of the molecule is CC(=O)Nc1ccc(S(=O)(=O)CCC(=O)OCC(=O)Nc2ccc(Br)c(Cl)c2C)cc1. The van der Waals surface area contributed by atoms with Gasteiger partial charge in [0.1, 0.15) is 0 Å². The highest BCUT2D eigenvalue weighted by molar-refractivity contribution is 9.10. The molecule has 166 valence electrons. The highest BCUT2D eigenvalue weighted by atomic mass is 79.9. The number of carbonyl (C=O) groups excluding carboxylic acids is 3. The van der Waals surface area contributed by atoms with E-state index in [0.717, 1.165) is 0 Å². The number of ether oxygens (including phenoxy) is 1. The molecule has 0 heterocycles. The van der Waals surface area contributed by atoms with Gasteiger partial charge in [-0.2, -0.15) is 0 Å². The van der Waals surface area contributed by atoms with Gasteiger partial charge in [0.25, 0.3) is 5.91 Å². The fraction of sp³-hybridized carbons (Fsp3) is 0.250. The van der Waals surface area contributed by atoms with E-state index in [9.17, 15) is 22.8 Å². The van der Waals surface area contributed by atoms with E-state index in [1.165, 1.54) is 31.2 Å². The molecule has 0 aromatic heterocycles. The molecule has 2 aromatic carbocycles. The number of benzene rings is 2. The second-order valence-electron chi connectivity index (χ2n) is 6.52. The molecule has 2 amide bonds. The largest absolute Gasteiger partial charge is 0.456 e. The minimum atomic E-state index is -3.74. The van der Waals surface area contributed by atoms with Gasteiger partial charge < -0.3 is 15.4 Å². The monoisotopic (exact) mass is 530 g/mol. The lowest BCUT2D eigenvalue weighted by Gasteiger charge is -2.11. The van der Waals surface area contributed by atoms with Crippen molar-refractivity contribution >= 4 is 66.5 Å². The normalized spacial score (nSPS) is 11.0. The van der Waals surface area contributed by atoms with Gasteiger partial charge in [-0.1, -0.05) is 11.6 Å². The van der Waals surface area contributed by atoms with Crippen LogP contribution in [0, 0.1) is 6.92 Å². The maximum absolute atomic E-state index is 12.4. The molecule has 0 aliphatic carbocycles. The molecule has 0 aliphatic heterocycles. The van der Waals surface area contributed by atoms with Crippen molar-refractivity contribution in [3.05, 3.63) is 51.5 Å². The number of esters is 1. The van der Waals surface area contributed by atoms with E-state index >= 15 is 0 Å². The van der Waals surface area contributed by atoms with Crippen molar-refractivity contribution in [2.75, 3.05) is 23.0 Å². The summed E-state index contributed by atoms with van der Waals surface area (Å²) < 4.78 is 30.3. The molecule has 0 bridgehead atoms. The van der Waals surface area contributed by atoms with Crippen LogP contribution in [0.15, 0.2) is 45.8 Å². The van der Waals surface area contributed by atoms with Gasteiger partial charge in [0.05, 0.1) is 22.1 Å². The highest BCUT2D eigenvalue weighted by Gasteiger charge is 2.18. The van der Waals surface area contributed by atoms with E-state index in [1.54, 1.807) is 19.1 Å². The molecule has 8 nitrogen and oxygen atoms in total. The molecule has 0 aliphatic rings. The summed E-state index contributed by atoms with van der Waals surface area (Å²) in [4.78, 5) is 34.9. The van der Waals surface area contributed by atoms with Crippen LogP contribution in [0.4, 0.5) is 11.4 Å². The van der Waals surface area contributed by atoms with Crippen molar-refractivity contribution in [2.24, 2.45) is 0 Å². The number of carbonyl (C=O) groups is 3. The molecule has 0 atom stereocenters. The van der Waals surface area contributed by atoms with Gasteiger partial charge in [-0.25, -0.2) is 8.42 Å². The summed E-state index contributed by atoms with van der Waals surface area (Å²) in [5.41, 5.74) is 1.57. The Labute approximate surface area is 193 Å². The molecular weight excluding hydrogens is 512 g/mol. The topological polar surface area (TPSA) is 119 Å². The van der Waals surface area contributed by atoms with E-state index in [1.807, 2.05) is 0 Å². The van der Waals surface area contributed by atoms with Crippen molar-refractivity contribution < 1.29 is 27.5 Å². The summed E-state index contributed by atoms with van der Waals surface area (Å²) in [5.74, 6) is -2.15. The molecule has 0 saturated heterocycles. The lowest BCUT2D eigenvalue weighted by molar-refractivity contribution is -0.146. The van der Waals surface area contributed by atoms with Crippen molar-refractivity contribution in [1.82, 2.24) is 0 Å². The number of nitrogens with one attached hydrogen (secondary N) is 2. The van der Waals surface area contributed by atoms with E-state index in [-0.39, 0.29) is 10.8 Å². The van der Waals surface area contributed by atoms with Crippen molar-refractivity contribution in [3.8, 4) is 0 Å². The summed E-state index contributed by atoms with van der Waals surface area (Å²) in [7, 11) is -3.74. The number of anilines is 2. The smallest absolute Gasteiger partial charge is 0.307 e. The zero-order valence-corrected chi connectivity index (χ0v) is 19.9. The maximum atomic E-state index is 12.4. The first-order valence-corrected chi connectivity index (χ1v) is 11.8. The average molecular weight is 532 g/mol. The molecule has 0 unspecified atom stereocenters. The molecule has 31 heavy (non-hydrogen) atoms. The van der Waals surface area contributed by atoms with Crippen LogP contribution >= 0.6 is 27.5 Å². The number of amides is 2. The minimum Gasteiger partial charge on any atom is -0.456 e. The molecule has 0 spiro atoms. The van der Waals surface area contributed by atoms with E-state index < -0.39 is 40.5 Å². The number of sulfone groups is 1. The summed E-state index contributed by atoms with van der Waals surface area (Å²) >= 11 is 9.38. The van der Waals surface area contributed by atoms with E-state index in [4.69, 9.17) is 16.3 Å². The van der Waals surface area contributed by atoms with Crippen LogP contribution in [0.1, 0.15) is 18.9 Å². The van der Waals surface area contributed by atoms with Crippen LogP contribution in [0.2, 0.25) is 5.02 Å². The maximum Gasteiger partial charge on any atom is 0.307 e. The van der Waals surface area contributed by atoms with E-state index in [0.29, 0.717) is 26.4 Å². The minimum absolute atomic E-state index is 0.00902. The summed E-state index contributed by atoms with van der Waals surface area (Å²) in [6.07, 6.45) is -0.411. The standard InChI is InChI=1S/C20H20BrClN2O6S/c1-12-17(8-7-16(21)20(12)22)24-18(26)11-30-19(27)9-10-31(28,29)15-5-3-14(4-6-15)23-13(2)25/h3-8H,9-11H2,1-2H3,(H,23,25)(H,24,26). The fourth-order valence-corrected chi connectivity index (χ4v) is 4.29. The van der Waals surface area contributed by atoms with Gasteiger partial charge in [0.2, 0.25) is 5.91 Å². The van der Waals surface area contributed by atoms with Crippen LogP contribution in [0.3, 0.4) is 0 Å². The van der Waals surface area contributed by atoms with E-state index in [2.05, 4.69) is 26.6 Å². The first kappa shape index (κ1) is 24.8. The van der Waals surface area contributed by atoms with Gasteiger partial charge in [0, 0.05) is 22.8 Å². The van der Waals surface area contributed by atoms with Crippen LogP contribution in [-0.4, -0.2) is 38.6 Å². The lowest BCUT2D eigenvalue weighted by Crippen LogP contribution is -2.22. The first-order valence-electron chi connectivity index (χ1n) is 9.00. The fourth-order valence-electron chi connectivity index (χ4n) is 2.48. The average Bonchev–Trinajstić information content (AvgIpc) is 2.71. The zero-order valence-electron chi connectivity index (χ0n) is 16.7. The second-order valence-corrected chi connectivity index (χ2v) is 9.86. The predicted molar refractivity (Wildman–Crippen MR) is 121 cm³/mol. The lowest BCUT2D eigenvalue weighted by atomic mass is 10.2. The van der Waals surface area contributed by atoms with Gasteiger partial charge in [-0.15, -0.1) is 0 Å². The Hall–Kier alpha value is -2.43. The molecule has 0 saturated carbocycles. The Morgan fingerprint density at radius 1 is 1.06 bits per heavy atom. The molecule has 0 fully saturated rings. The van der Waals surface area contributed by atoms with Gasteiger partial charge >= 0.3 is 5.97 Å². The van der Waals surface area contributed by atoms with Gasteiger partial charge in [-0.05, 0) is 64.8 Å². The summed E-state index contributed by atoms with van der Waals surface area (Å²) in [5, 5.41) is 5.56. The van der Waals surface area contributed by atoms with Crippen molar-refractivity contribution in [3.63, 3.8) is 0 Å². The predicted octanol–water partition coefficient (Wildman–Crippen LogP) is 3.72. The Morgan fingerprint density at radius 2 is 1.71 bits per heavy atom. The molecule has 2 aromatic rings. The number of rotatable bonds is 8. The number of hydrogen-bond donors (Lipinski definition) is 2. The second kappa shape index (κ2) is 10.7. The third kappa shape index (κ3) is 7.34. The van der Waals surface area contributed by atoms with Gasteiger partial charge in [-0.3, -0.25) is 14.4 Å². The van der Waals surface area contributed by atoms with Crippen molar-refractivity contribution in [2.45, 2.75) is 25.2 Å². The van der Waals surface area contributed by atoms with Crippen molar-refractivity contribution in [1.29, 1.82) is 0 Å².